The summed E-state index contributed by atoms with van der Waals surface area (Å²) in [5.74, 6) is 0.110. The van der Waals surface area contributed by atoms with Gasteiger partial charge in [0.05, 0.1) is 0 Å². The number of benzene rings is 2. The third kappa shape index (κ3) is 1.85. The topological polar surface area (TPSA) is 17.1 Å². The number of carbonyl (C=O) groups is 1. The highest BCUT2D eigenvalue weighted by molar-refractivity contribution is 6.31. The van der Waals surface area contributed by atoms with E-state index in [2.05, 4.69) is 0 Å². The fourth-order valence-corrected chi connectivity index (χ4v) is 2.92. The van der Waals surface area contributed by atoms with Crippen molar-refractivity contribution in [2.24, 2.45) is 0 Å². The Labute approximate surface area is 111 Å². The fraction of sp³-hybridized carbons (Fsp3) is 0.188. The minimum absolute atomic E-state index is 0.0893. The summed E-state index contributed by atoms with van der Waals surface area (Å²) in [4.78, 5) is 12.5. The second-order valence-corrected chi connectivity index (χ2v) is 5.04. The second-order valence-electron chi connectivity index (χ2n) is 4.63. The molecule has 0 radical (unpaired) electrons. The third-order valence-electron chi connectivity index (χ3n) is 3.58. The van der Waals surface area contributed by atoms with Crippen molar-refractivity contribution in [3.63, 3.8) is 0 Å². The average molecular weight is 257 g/mol. The Morgan fingerprint density at radius 2 is 1.72 bits per heavy atom. The number of ketones is 1. The standard InChI is InChI=1S/C16H13ClO/c17-15-8-4-3-7-13(15)14-10-9-11-5-1-2-6-12(11)16(14)18/h1-8,14H,9-10H2/t14-/m1/s1. The quantitative estimate of drug-likeness (QED) is 0.745. The van der Waals surface area contributed by atoms with E-state index in [1.54, 1.807) is 0 Å². The third-order valence-corrected chi connectivity index (χ3v) is 3.93. The van der Waals surface area contributed by atoms with Gasteiger partial charge in [-0.15, -0.1) is 0 Å². The maximum Gasteiger partial charge on any atom is 0.170 e. The van der Waals surface area contributed by atoms with Gasteiger partial charge in [0.2, 0.25) is 0 Å². The summed E-state index contributed by atoms with van der Waals surface area (Å²) < 4.78 is 0. The first kappa shape index (κ1) is 11.5. The van der Waals surface area contributed by atoms with Crippen molar-refractivity contribution in [2.45, 2.75) is 18.8 Å². The van der Waals surface area contributed by atoms with E-state index >= 15 is 0 Å². The number of fused-ring (bicyclic) bond motifs is 1. The maximum atomic E-state index is 12.5. The van der Waals surface area contributed by atoms with Crippen LogP contribution >= 0.6 is 11.6 Å². The Morgan fingerprint density at radius 1 is 1.00 bits per heavy atom. The first-order chi connectivity index (χ1) is 8.77. The summed E-state index contributed by atoms with van der Waals surface area (Å²) >= 11 is 6.20. The fourth-order valence-electron chi connectivity index (χ4n) is 2.65. The summed E-state index contributed by atoms with van der Waals surface area (Å²) in [6.07, 6.45) is 1.79. The Hall–Kier alpha value is -1.60. The van der Waals surface area contributed by atoms with E-state index in [4.69, 9.17) is 11.6 Å². The summed E-state index contributed by atoms with van der Waals surface area (Å²) in [5.41, 5.74) is 2.97. The molecule has 0 aromatic heterocycles. The van der Waals surface area contributed by atoms with Crippen molar-refractivity contribution < 1.29 is 4.79 Å². The molecule has 2 heteroatoms. The Balaban J connectivity index is 2.03. The highest BCUT2D eigenvalue weighted by Gasteiger charge is 2.29. The average Bonchev–Trinajstić information content (AvgIpc) is 2.41. The van der Waals surface area contributed by atoms with Gasteiger partial charge in [0.25, 0.3) is 0 Å². The van der Waals surface area contributed by atoms with Crippen molar-refractivity contribution in [2.75, 3.05) is 0 Å². The number of hydrogen-bond donors (Lipinski definition) is 0. The van der Waals surface area contributed by atoms with E-state index in [0.717, 1.165) is 29.5 Å². The molecular weight excluding hydrogens is 244 g/mol. The van der Waals surface area contributed by atoms with Gasteiger partial charge in [0.15, 0.2) is 5.78 Å². The van der Waals surface area contributed by atoms with Crippen LogP contribution in [0.5, 0.6) is 0 Å². The van der Waals surface area contributed by atoms with Crippen LogP contribution in [0.1, 0.15) is 33.8 Å². The molecule has 0 N–H and O–H groups in total. The molecule has 0 bridgehead atoms. The predicted molar refractivity (Wildman–Crippen MR) is 73.3 cm³/mol. The van der Waals surface area contributed by atoms with Gasteiger partial charge in [-0.3, -0.25) is 4.79 Å². The van der Waals surface area contributed by atoms with Gasteiger partial charge >= 0.3 is 0 Å². The summed E-state index contributed by atoms with van der Waals surface area (Å²) in [6.45, 7) is 0. The molecule has 0 amide bonds. The normalized spacial score (nSPS) is 18.5. The van der Waals surface area contributed by atoms with E-state index in [1.807, 2.05) is 48.5 Å². The predicted octanol–water partition coefficient (Wildman–Crippen LogP) is 4.25. The minimum Gasteiger partial charge on any atom is -0.293 e. The van der Waals surface area contributed by atoms with Crippen LogP contribution in [-0.2, 0) is 6.42 Å². The number of hydrogen-bond acceptors (Lipinski definition) is 1. The molecule has 2 aromatic rings. The maximum absolute atomic E-state index is 12.5. The van der Waals surface area contributed by atoms with Crippen LogP contribution in [0, 0.1) is 0 Å². The molecule has 1 atom stereocenters. The van der Waals surface area contributed by atoms with Crippen LogP contribution in [-0.4, -0.2) is 5.78 Å². The highest BCUT2D eigenvalue weighted by atomic mass is 35.5. The first-order valence-corrected chi connectivity index (χ1v) is 6.51. The number of halogens is 1. The molecule has 0 unspecified atom stereocenters. The van der Waals surface area contributed by atoms with Gasteiger partial charge in [0.1, 0.15) is 0 Å². The van der Waals surface area contributed by atoms with Gasteiger partial charge in [-0.1, -0.05) is 54.1 Å². The summed E-state index contributed by atoms with van der Waals surface area (Å²) in [6, 6.07) is 15.5. The van der Waals surface area contributed by atoms with Crippen molar-refractivity contribution in [1.29, 1.82) is 0 Å². The zero-order valence-electron chi connectivity index (χ0n) is 9.90. The van der Waals surface area contributed by atoms with E-state index in [1.165, 1.54) is 0 Å². The van der Waals surface area contributed by atoms with Gasteiger partial charge < -0.3 is 0 Å². The molecule has 0 spiro atoms. The lowest BCUT2D eigenvalue weighted by atomic mass is 9.79. The first-order valence-electron chi connectivity index (χ1n) is 6.14. The lowest BCUT2D eigenvalue weighted by Gasteiger charge is -2.24. The molecule has 0 aliphatic heterocycles. The van der Waals surface area contributed by atoms with Gasteiger partial charge in [-0.05, 0) is 30.0 Å². The van der Waals surface area contributed by atoms with E-state index in [9.17, 15) is 4.79 Å². The Morgan fingerprint density at radius 3 is 2.56 bits per heavy atom. The highest BCUT2D eigenvalue weighted by Crippen LogP contribution is 2.35. The van der Waals surface area contributed by atoms with E-state index in [0.29, 0.717) is 5.02 Å². The van der Waals surface area contributed by atoms with Gasteiger partial charge in [-0.25, -0.2) is 0 Å². The molecule has 0 saturated heterocycles. The minimum atomic E-state index is -0.0893. The van der Waals surface area contributed by atoms with Crippen LogP contribution in [0.25, 0.3) is 0 Å². The molecule has 0 heterocycles. The molecular formula is C16H13ClO. The Kier molecular flexibility index (Phi) is 2.92. The zero-order valence-corrected chi connectivity index (χ0v) is 10.7. The SMILES string of the molecule is O=C1c2ccccc2CC[C@@H]1c1ccccc1Cl. The largest absolute Gasteiger partial charge is 0.293 e. The van der Waals surface area contributed by atoms with Crippen LogP contribution in [0.2, 0.25) is 5.02 Å². The molecule has 1 nitrogen and oxygen atoms in total. The van der Waals surface area contributed by atoms with Crippen molar-refractivity contribution in [1.82, 2.24) is 0 Å². The zero-order chi connectivity index (χ0) is 12.5. The monoisotopic (exact) mass is 256 g/mol. The summed E-state index contributed by atoms with van der Waals surface area (Å²) in [5, 5.41) is 0.690. The van der Waals surface area contributed by atoms with Crippen molar-refractivity contribution >= 4 is 17.4 Å². The van der Waals surface area contributed by atoms with Crippen molar-refractivity contribution in [3.8, 4) is 0 Å². The molecule has 0 saturated carbocycles. The number of carbonyl (C=O) groups excluding carboxylic acids is 1. The molecule has 1 aliphatic carbocycles. The van der Waals surface area contributed by atoms with Crippen LogP contribution in [0.15, 0.2) is 48.5 Å². The lowest BCUT2D eigenvalue weighted by molar-refractivity contribution is 0.0946. The van der Waals surface area contributed by atoms with Crippen LogP contribution in [0.4, 0.5) is 0 Å². The molecule has 3 rings (SSSR count). The van der Waals surface area contributed by atoms with E-state index < -0.39 is 0 Å². The van der Waals surface area contributed by atoms with Crippen LogP contribution < -0.4 is 0 Å². The molecule has 0 fully saturated rings. The van der Waals surface area contributed by atoms with Gasteiger partial charge in [0, 0.05) is 16.5 Å². The van der Waals surface area contributed by atoms with Crippen molar-refractivity contribution in [3.05, 3.63) is 70.2 Å². The Bertz CT molecular complexity index is 604. The van der Waals surface area contributed by atoms with Gasteiger partial charge in [-0.2, -0.15) is 0 Å². The summed E-state index contributed by atoms with van der Waals surface area (Å²) in [7, 11) is 0. The number of Topliss-reactive ketones (excluding diaryl/α,β-unsaturated/α-hetero) is 1. The molecule has 1 aliphatic rings. The van der Waals surface area contributed by atoms with E-state index in [-0.39, 0.29) is 11.7 Å². The molecule has 90 valence electrons. The number of aryl methyl sites for hydroxylation is 1. The van der Waals surface area contributed by atoms with Crippen LogP contribution in [0.3, 0.4) is 0 Å². The lowest BCUT2D eigenvalue weighted by Crippen LogP contribution is -2.21. The molecule has 18 heavy (non-hydrogen) atoms. The smallest absolute Gasteiger partial charge is 0.170 e. The molecule has 2 aromatic carbocycles. The number of rotatable bonds is 1. The second kappa shape index (κ2) is 4.58.